The lowest BCUT2D eigenvalue weighted by atomic mass is 10.0. The number of hydrogen-bond donors (Lipinski definition) is 1. The van der Waals surface area contributed by atoms with Crippen LogP contribution in [0.4, 0.5) is 13.2 Å². The van der Waals surface area contributed by atoms with Gasteiger partial charge < -0.3 is 4.55 Å². The lowest BCUT2D eigenvalue weighted by molar-refractivity contribution is -0.141. The van der Waals surface area contributed by atoms with Crippen molar-refractivity contribution in [2.75, 3.05) is 0 Å². The van der Waals surface area contributed by atoms with E-state index in [9.17, 15) is 17.4 Å². The molecular formula is C13H8F3N3O2S. The number of halogens is 3. The van der Waals surface area contributed by atoms with Crippen molar-refractivity contribution in [3.05, 3.63) is 47.4 Å². The van der Waals surface area contributed by atoms with Gasteiger partial charge in [-0.1, -0.05) is 18.2 Å². The van der Waals surface area contributed by atoms with E-state index in [1.54, 1.807) is 12.1 Å². The SMILES string of the molecule is N#Cc1ccccc1-c1cc(C(F)(F)F)nc(CS(=O)O)n1. The second-order valence-electron chi connectivity index (χ2n) is 4.18. The average molecular weight is 327 g/mol. The first-order valence-corrected chi connectivity index (χ1v) is 7.11. The summed E-state index contributed by atoms with van der Waals surface area (Å²) in [6.07, 6.45) is -4.73. The van der Waals surface area contributed by atoms with Crippen LogP contribution in [0, 0.1) is 11.3 Å². The van der Waals surface area contributed by atoms with E-state index in [-0.39, 0.29) is 16.8 Å². The van der Waals surface area contributed by atoms with Crippen molar-refractivity contribution < 1.29 is 21.9 Å². The molecule has 0 spiro atoms. The third-order valence-electron chi connectivity index (χ3n) is 2.64. The van der Waals surface area contributed by atoms with E-state index in [4.69, 9.17) is 9.81 Å². The summed E-state index contributed by atoms with van der Waals surface area (Å²) in [7, 11) is 0. The van der Waals surface area contributed by atoms with E-state index in [0.717, 1.165) is 0 Å². The van der Waals surface area contributed by atoms with Crippen molar-refractivity contribution in [3.8, 4) is 17.3 Å². The Morgan fingerprint density at radius 3 is 2.55 bits per heavy atom. The predicted molar refractivity (Wildman–Crippen MR) is 71.7 cm³/mol. The van der Waals surface area contributed by atoms with Gasteiger partial charge in [0.1, 0.15) is 17.3 Å². The lowest BCUT2D eigenvalue weighted by Crippen LogP contribution is -2.12. The zero-order valence-electron chi connectivity index (χ0n) is 10.8. The van der Waals surface area contributed by atoms with Gasteiger partial charge in [-0.05, 0) is 12.1 Å². The van der Waals surface area contributed by atoms with Crippen molar-refractivity contribution in [1.29, 1.82) is 5.26 Å². The van der Waals surface area contributed by atoms with Gasteiger partial charge in [-0.2, -0.15) is 18.4 Å². The van der Waals surface area contributed by atoms with Gasteiger partial charge >= 0.3 is 6.18 Å². The van der Waals surface area contributed by atoms with Gasteiger partial charge in [-0.15, -0.1) is 0 Å². The van der Waals surface area contributed by atoms with Gasteiger partial charge in [0.05, 0.1) is 17.3 Å². The van der Waals surface area contributed by atoms with Crippen molar-refractivity contribution >= 4 is 11.1 Å². The molecule has 2 rings (SSSR count). The summed E-state index contributed by atoms with van der Waals surface area (Å²) in [6.45, 7) is 0. The Bertz CT molecular complexity index is 772. The molecule has 0 amide bonds. The molecule has 22 heavy (non-hydrogen) atoms. The third-order valence-corrected chi connectivity index (χ3v) is 3.14. The minimum atomic E-state index is -4.73. The highest BCUT2D eigenvalue weighted by molar-refractivity contribution is 7.78. The van der Waals surface area contributed by atoms with E-state index in [2.05, 4.69) is 9.97 Å². The summed E-state index contributed by atoms with van der Waals surface area (Å²) >= 11 is -2.38. The molecule has 1 aromatic carbocycles. The largest absolute Gasteiger partial charge is 0.433 e. The van der Waals surface area contributed by atoms with E-state index in [1.165, 1.54) is 12.1 Å². The summed E-state index contributed by atoms with van der Waals surface area (Å²) in [6, 6.07) is 8.57. The van der Waals surface area contributed by atoms with Crippen molar-refractivity contribution in [1.82, 2.24) is 9.97 Å². The molecule has 0 saturated carbocycles. The van der Waals surface area contributed by atoms with Gasteiger partial charge in [-0.3, -0.25) is 0 Å². The fraction of sp³-hybridized carbons (Fsp3) is 0.154. The van der Waals surface area contributed by atoms with Crippen LogP contribution in [0.25, 0.3) is 11.3 Å². The lowest BCUT2D eigenvalue weighted by Gasteiger charge is -2.10. The molecule has 9 heteroatoms. The number of nitrogens with zero attached hydrogens (tertiary/aromatic N) is 3. The molecule has 0 bridgehead atoms. The zero-order valence-corrected chi connectivity index (χ0v) is 11.6. The average Bonchev–Trinajstić information content (AvgIpc) is 2.45. The molecule has 1 aromatic heterocycles. The molecule has 1 atom stereocenters. The van der Waals surface area contributed by atoms with Gasteiger partial charge in [0, 0.05) is 5.56 Å². The summed E-state index contributed by atoms with van der Waals surface area (Å²) in [5.41, 5.74) is -1.01. The Balaban J connectivity index is 2.65. The molecule has 0 aliphatic carbocycles. The smallest absolute Gasteiger partial charge is 0.306 e. The first-order chi connectivity index (χ1) is 10.3. The fourth-order valence-corrected chi connectivity index (χ4v) is 2.11. The molecule has 0 saturated heterocycles. The molecule has 0 radical (unpaired) electrons. The highest BCUT2D eigenvalue weighted by Gasteiger charge is 2.34. The molecule has 0 aliphatic rings. The van der Waals surface area contributed by atoms with Crippen LogP contribution in [0.1, 0.15) is 17.1 Å². The maximum absolute atomic E-state index is 12.9. The number of aromatic nitrogens is 2. The van der Waals surface area contributed by atoms with Crippen LogP contribution in [-0.2, 0) is 23.0 Å². The Morgan fingerprint density at radius 2 is 1.95 bits per heavy atom. The Kier molecular flexibility index (Phi) is 4.54. The molecule has 1 unspecified atom stereocenters. The molecular weight excluding hydrogens is 319 g/mol. The highest BCUT2D eigenvalue weighted by Crippen LogP contribution is 2.31. The number of alkyl halides is 3. The standard InChI is InChI=1S/C13H8F3N3O2S/c14-13(15,16)11-5-10(18-12(19-11)7-22(20)21)9-4-2-1-3-8(9)6-17/h1-5H,7H2,(H,20,21). The Hall–Kier alpha value is -2.31. The number of hydrogen-bond acceptors (Lipinski definition) is 4. The van der Waals surface area contributed by atoms with E-state index >= 15 is 0 Å². The van der Waals surface area contributed by atoms with Crippen LogP contribution < -0.4 is 0 Å². The maximum Gasteiger partial charge on any atom is 0.433 e. The highest BCUT2D eigenvalue weighted by atomic mass is 32.2. The molecule has 1 N–H and O–H groups in total. The number of rotatable bonds is 3. The predicted octanol–water partition coefficient (Wildman–Crippen LogP) is 2.76. The van der Waals surface area contributed by atoms with Crippen LogP contribution in [0.5, 0.6) is 0 Å². The van der Waals surface area contributed by atoms with E-state index < -0.39 is 34.5 Å². The van der Waals surface area contributed by atoms with E-state index in [1.807, 2.05) is 6.07 Å². The second kappa shape index (κ2) is 6.21. The summed E-state index contributed by atoms with van der Waals surface area (Å²) in [5, 5.41) is 9.02. The van der Waals surface area contributed by atoms with Crippen LogP contribution in [0.15, 0.2) is 30.3 Å². The molecule has 5 nitrogen and oxygen atoms in total. The first-order valence-electron chi connectivity index (χ1n) is 5.83. The topological polar surface area (TPSA) is 86.9 Å². The first kappa shape index (κ1) is 16.1. The van der Waals surface area contributed by atoms with Gasteiger partial charge in [0.15, 0.2) is 11.1 Å². The Labute approximate surface area is 125 Å². The number of nitriles is 1. The number of benzene rings is 1. The van der Waals surface area contributed by atoms with Crippen LogP contribution >= 0.6 is 0 Å². The summed E-state index contributed by atoms with van der Waals surface area (Å²) in [4.78, 5) is 7.10. The quantitative estimate of drug-likeness (QED) is 0.876. The summed E-state index contributed by atoms with van der Waals surface area (Å²) in [5.74, 6) is -1.05. The van der Waals surface area contributed by atoms with Crippen LogP contribution in [-0.4, -0.2) is 18.7 Å². The minimum absolute atomic E-state index is 0.125. The minimum Gasteiger partial charge on any atom is -0.306 e. The molecule has 1 heterocycles. The summed E-state index contributed by atoms with van der Waals surface area (Å²) < 4.78 is 58.3. The normalized spacial score (nSPS) is 12.7. The zero-order chi connectivity index (χ0) is 16.3. The second-order valence-corrected chi connectivity index (χ2v) is 5.11. The van der Waals surface area contributed by atoms with Crippen LogP contribution in [0.2, 0.25) is 0 Å². The molecule has 0 aliphatic heterocycles. The van der Waals surface area contributed by atoms with Gasteiger partial charge in [-0.25, -0.2) is 14.2 Å². The molecule has 114 valence electrons. The molecule has 0 fully saturated rings. The van der Waals surface area contributed by atoms with Crippen molar-refractivity contribution in [2.24, 2.45) is 0 Å². The Morgan fingerprint density at radius 1 is 1.27 bits per heavy atom. The van der Waals surface area contributed by atoms with Gasteiger partial charge in [0.2, 0.25) is 0 Å². The van der Waals surface area contributed by atoms with Gasteiger partial charge in [0.25, 0.3) is 0 Å². The fourth-order valence-electron chi connectivity index (χ4n) is 1.76. The monoisotopic (exact) mass is 327 g/mol. The molecule has 2 aromatic rings. The van der Waals surface area contributed by atoms with Crippen LogP contribution in [0.3, 0.4) is 0 Å². The van der Waals surface area contributed by atoms with E-state index in [0.29, 0.717) is 6.07 Å². The van der Waals surface area contributed by atoms with Crippen molar-refractivity contribution in [2.45, 2.75) is 11.9 Å². The van der Waals surface area contributed by atoms with Crippen molar-refractivity contribution in [3.63, 3.8) is 0 Å². The maximum atomic E-state index is 12.9. The third kappa shape index (κ3) is 3.66.